The molecule has 1 aromatic heterocycles. The third kappa shape index (κ3) is 2.55. The maximum absolute atomic E-state index is 11.6. The molecule has 0 N–H and O–H groups in total. The molecule has 0 saturated carbocycles. The minimum Gasteiger partial charge on any atom is -0.467 e. The Bertz CT molecular complexity index is 396. The quantitative estimate of drug-likeness (QED) is 0.734. The number of ether oxygens (including phenoxy) is 2. The zero-order valence-corrected chi connectivity index (χ0v) is 10.7. The first kappa shape index (κ1) is 12.3. The molecule has 0 bridgehead atoms. The Hall–Kier alpha value is -1.21. The predicted octanol–water partition coefficient (Wildman–Crippen LogP) is 0.479. The second-order valence-electron chi connectivity index (χ2n) is 3.65. The molecule has 0 spiro atoms. The summed E-state index contributed by atoms with van der Waals surface area (Å²) in [5, 5.41) is 0.764. The number of carbonyl (C=O) groups is 1. The molecule has 17 heavy (non-hydrogen) atoms. The fourth-order valence-electron chi connectivity index (χ4n) is 1.67. The van der Waals surface area contributed by atoms with Crippen LogP contribution in [0.4, 0.5) is 5.13 Å². The molecule has 1 atom stereocenters. The summed E-state index contributed by atoms with van der Waals surface area (Å²) in [5.74, 6) is 0.512. The van der Waals surface area contributed by atoms with Gasteiger partial charge >= 0.3 is 5.97 Å². The number of methoxy groups -OCH3 is 1. The number of rotatable bonds is 3. The summed E-state index contributed by atoms with van der Waals surface area (Å²) in [6, 6.07) is -0.411. The standard InChI is InChI=1S/C10H15N3O3S/c1-3-8-11-10(17-12-8)13-4-5-16-6-7(13)9(14)15-2/h7H,3-6H2,1-2H3. The zero-order valence-electron chi connectivity index (χ0n) is 9.88. The largest absolute Gasteiger partial charge is 0.467 e. The molecule has 1 aliphatic rings. The zero-order chi connectivity index (χ0) is 12.3. The van der Waals surface area contributed by atoms with Gasteiger partial charge in [-0.15, -0.1) is 0 Å². The summed E-state index contributed by atoms with van der Waals surface area (Å²) < 4.78 is 14.3. The van der Waals surface area contributed by atoms with E-state index in [9.17, 15) is 4.79 Å². The van der Waals surface area contributed by atoms with Gasteiger partial charge in [0.15, 0.2) is 6.04 Å². The lowest BCUT2D eigenvalue weighted by Gasteiger charge is -2.32. The lowest BCUT2D eigenvalue weighted by molar-refractivity contribution is -0.144. The van der Waals surface area contributed by atoms with Crippen molar-refractivity contribution in [3.05, 3.63) is 5.82 Å². The summed E-state index contributed by atoms with van der Waals surface area (Å²) in [6.07, 6.45) is 0.795. The number of carbonyl (C=O) groups excluding carboxylic acids is 1. The van der Waals surface area contributed by atoms with Crippen LogP contribution >= 0.6 is 11.5 Å². The van der Waals surface area contributed by atoms with Crippen LogP contribution in [0.5, 0.6) is 0 Å². The maximum atomic E-state index is 11.6. The second-order valence-corrected chi connectivity index (χ2v) is 4.38. The summed E-state index contributed by atoms with van der Waals surface area (Å²) in [6.45, 7) is 3.57. The molecular weight excluding hydrogens is 242 g/mol. The predicted molar refractivity (Wildman–Crippen MR) is 63.3 cm³/mol. The maximum Gasteiger partial charge on any atom is 0.330 e. The van der Waals surface area contributed by atoms with Crippen LogP contribution in [0.15, 0.2) is 0 Å². The molecule has 1 aliphatic heterocycles. The van der Waals surface area contributed by atoms with Crippen LogP contribution in [0.25, 0.3) is 0 Å². The van der Waals surface area contributed by atoms with Crippen molar-refractivity contribution < 1.29 is 14.3 Å². The SMILES string of the molecule is CCc1nsc(N2CCOCC2C(=O)OC)n1. The van der Waals surface area contributed by atoms with Crippen LogP contribution in [0.3, 0.4) is 0 Å². The highest BCUT2D eigenvalue weighted by molar-refractivity contribution is 7.09. The summed E-state index contributed by atoms with van der Waals surface area (Å²) in [4.78, 5) is 17.9. The number of anilines is 1. The Balaban J connectivity index is 2.18. The topological polar surface area (TPSA) is 64.6 Å². The molecule has 2 rings (SSSR count). The monoisotopic (exact) mass is 257 g/mol. The van der Waals surface area contributed by atoms with E-state index in [1.54, 1.807) is 0 Å². The third-order valence-corrected chi connectivity index (χ3v) is 3.41. The lowest BCUT2D eigenvalue weighted by Crippen LogP contribution is -2.50. The van der Waals surface area contributed by atoms with E-state index in [0.717, 1.165) is 17.4 Å². The number of aryl methyl sites for hydroxylation is 1. The molecule has 6 nitrogen and oxygen atoms in total. The van der Waals surface area contributed by atoms with E-state index in [-0.39, 0.29) is 5.97 Å². The van der Waals surface area contributed by atoms with Gasteiger partial charge in [0.05, 0.1) is 20.3 Å². The molecule has 0 radical (unpaired) electrons. The number of hydrogen-bond acceptors (Lipinski definition) is 7. The highest BCUT2D eigenvalue weighted by Crippen LogP contribution is 2.22. The second kappa shape index (κ2) is 5.42. The van der Waals surface area contributed by atoms with Crippen molar-refractivity contribution in [1.82, 2.24) is 9.36 Å². The number of morpholine rings is 1. The molecule has 94 valence electrons. The number of hydrogen-bond donors (Lipinski definition) is 0. The molecule has 0 aromatic carbocycles. The van der Waals surface area contributed by atoms with E-state index in [1.807, 2.05) is 11.8 Å². The molecule has 1 unspecified atom stereocenters. The average molecular weight is 257 g/mol. The van der Waals surface area contributed by atoms with Crippen LogP contribution < -0.4 is 4.90 Å². The fourth-order valence-corrected chi connectivity index (χ4v) is 2.50. The van der Waals surface area contributed by atoms with Gasteiger partial charge in [-0.05, 0) is 0 Å². The minimum atomic E-state index is -0.411. The van der Waals surface area contributed by atoms with Gasteiger partial charge in [-0.1, -0.05) is 6.92 Å². The van der Waals surface area contributed by atoms with Crippen LogP contribution in [-0.2, 0) is 20.7 Å². The first-order valence-corrected chi connectivity index (χ1v) is 6.28. The molecule has 0 amide bonds. The van der Waals surface area contributed by atoms with Crippen molar-refractivity contribution in [3.63, 3.8) is 0 Å². The van der Waals surface area contributed by atoms with Gasteiger partial charge in [0.2, 0.25) is 5.13 Å². The van der Waals surface area contributed by atoms with Gasteiger partial charge in [0.25, 0.3) is 0 Å². The highest BCUT2D eigenvalue weighted by Gasteiger charge is 2.32. The Morgan fingerprint density at radius 2 is 2.53 bits per heavy atom. The van der Waals surface area contributed by atoms with Crippen molar-refractivity contribution in [3.8, 4) is 0 Å². The van der Waals surface area contributed by atoms with Crippen molar-refractivity contribution in [1.29, 1.82) is 0 Å². The van der Waals surface area contributed by atoms with Crippen molar-refractivity contribution >= 4 is 22.6 Å². The van der Waals surface area contributed by atoms with Crippen molar-refractivity contribution in [2.45, 2.75) is 19.4 Å². The highest BCUT2D eigenvalue weighted by atomic mass is 32.1. The van der Waals surface area contributed by atoms with Gasteiger partial charge in [-0.3, -0.25) is 0 Å². The fraction of sp³-hybridized carbons (Fsp3) is 0.700. The van der Waals surface area contributed by atoms with Gasteiger partial charge in [0.1, 0.15) is 5.82 Å². The Morgan fingerprint density at radius 3 is 3.18 bits per heavy atom. The Morgan fingerprint density at radius 1 is 1.71 bits per heavy atom. The van der Waals surface area contributed by atoms with Crippen LogP contribution in [0.2, 0.25) is 0 Å². The van der Waals surface area contributed by atoms with Crippen molar-refractivity contribution in [2.75, 3.05) is 31.8 Å². The van der Waals surface area contributed by atoms with E-state index in [2.05, 4.69) is 9.36 Å². The molecule has 2 heterocycles. The normalized spacial score (nSPS) is 20.4. The summed E-state index contributed by atoms with van der Waals surface area (Å²) in [7, 11) is 1.38. The van der Waals surface area contributed by atoms with Crippen LogP contribution in [0.1, 0.15) is 12.7 Å². The van der Waals surface area contributed by atoms with E-state index in [0.29, 0.717) is 19.8 Å². The molecule has 0 aliphatic carbocycles. The summed E-state index contributed by atoms with van der Waals surface area (Å²) in [5.41, 5.74) is 0. The van der Waals surface area contributed by atoms with Gasteiger partial charge in [-0.25, -0.2) is 9.78 Å². The van der Waals surface area contributed by atoms with E-state index < -0.39 is 6.04 Å². The minimum absolute atomic E-state index is 0.294. The lowest BCUT2D eigenvalue weighted by atomic mass is 10.2. The number of nitrogens with zero attached hydrogens (tertiary/aromatic N) is 3. The van der Waals surface area contributed by atoms with Gasteiger partial charge < -0.3 is 14.4 Å². The molecule has 1 fully saturated rings. The molecule has 1 saturated heterocycles. The average Bonchev–Trinajstić information content (AvgIpc) is 2.86. The van der Waals surface area contributed by atoms with E-state index in [4.69, 9.17) is 9.47 Å². The first-order chi connectivity index (χ1) is 8.26. The van der Waals surface area contributed by atoms with E-state index in [1.165, 1.54) is 18.6 Å². The smallest absolute Gasteiger partial charge is 0.330 e. The number of esters is 1. The van der Waals surface area contributed by atoms with Gasteiger partial charge in [-0.2, -0.15) is 4.37 Å². The van der Waals surface area contributed by atoms with E-state index >= 15 is 0 Å². The molecule has 7 heteroatoms. The van der Waals surface area contributed by atoms with Crippen molar-refractivity contribution in [2.24, 2.45) is 0 Å². The van der Waals surface area contributed by atoms with Gasteiger partial charge in [0, 0.05) is 24.5 Å². The summed E-state index contributed by atoms with van der Waals surface area (Å²) >= 11 is 1.31. The molecular formula is C10H15N3O3S. The Labute approximate surface area is 104 Å². The third-order valence-electron chi connectivity index (χ3n) is 2.62. The molecule has 1 aromatic rings. The van der Waals surface area contributed by atoms with Crippen LogP contribution in [0, 0.1) is 0 Å². The van der Waals surface area contributed by atoms with Crippen LogP contribution in [-0.4, -0.2) is 48.2 Å². The Kier molecular flexibility index (Phi) is 3.90. The number of aromatic nitrogens is 2. The first-order valence-electron chi connectivity index (χ1n) is 5.51.